The van der Waals surface area contributed by atoms with E-state index in [0.717, 1.165) is 12.1 Å². The van der Waals surface area contributed by atoms with E-state index in [1.54, 1.807) is 0 Å². The van der Waals surface area contributed by atoms with Crippen LogP contribution in [0.5, 0.6) is 0 Å². The second-order valence-corrected chi connectivity index (χ2v) is 4.47. The minimum absolute atomic E-state index is 0.370. The average Bonchev–Trinajstić information content (AvgIpc) is 2.35. The summed E-state index contributed by atoms with van der Waals surface area (Å²) in [6.45, 7) is 1.46. The number of aliphatic hydroxyl groups excluding tert-OH is 1. The second kappa shape index (κ2) is 6.69. The van der Waals surface area contributed by atoms with Gasteiger partial charge in [-0.05, 0) is 24.6 Å². The molecule has 2 unspecified atom stereocenters. The maximum absolute atomic E-state index is 12.7. The van der Waals surface area contributed by atoms with E-state index >= 15 is 0 Å². The zero-order chi connectivity index (χ0) is 15.3. The molecule has 7 heteroatoms. The molecule has 0 saturated heterocycles. The fourth-order valence-corrected chi connectivity index (χ4v) is 1.61. The Balaban J connectivity index is 2.51. The van der Waals surface area contributed by atoms with E-state index in [2.05, 4.69) is 5.32 Å². The number of carbonyl (C=O) groups excluding carboxylic acids is 1. The van der Waals surface area contributed by atoms with Crippen LogP contribution in [0.15, 0.2) is 24.3 Å². The lowest BCUT2D eigenvalue weighted by Crippen LogP contribution is -2.37. The third-order valence-electron chi connectivity index (χ3n) is 2.71. The van der Waals surface area contributed by atoms with E-state index in [-0.39, 0.29) is 0 Å². The molecule has 2 atom stereocenters. The van der Waals surface area contributed by atoms with Crippen molar-refractivity contribution in [3.05, 3.63) is 35.6 Å². The first kappa shape index (κ1) is 16.4. The largest absolute Gasteiger partial charge is 0.389 e. The van der Waals surface area contributed by atoms with Gasteiger partial charge in [-0.15, -0.1) is 0 Å². The third kappa shape index (κ3) is 5.56. The van der Waals surface area contributed by atoms with E-state index < -0.39 is 42.9 Å². The first-order valence-electron chi connectivity index (χ1n) is 5.98. The molecule has 1 amide bonds. The number of nitrogens with one attached hydrogen (secondary N) is 1. The molecular formula is C13H15F4NO2. The molecule has 0 heterocycles. The van der Waals surface area contributed by atoms with E-state index in [9.17, 15) is 27.5 Å². The molecule has 0 aliphatic rings. The van der Waals surface area contributed by atoms with Gasteiger partial charge in [0.1, 0.15) is 5.82 Å². The van der Waals surface area contributed by atoms with Gasteiger partial charge in [0.2, 0.25) is 5.91 Å². The van der Waals surface area contributed by atoms with Gasteiger partial charge in [0, 0.05) is 6.42 Å². The fraction of sp³-hybridized carbons (Fsp3) is 0.462. The van der Waals surface area contributed by atoms with Crippen molar-refractivity contribution in [3.63, 3.8) is 0 Å². The van der Waals surface area contributed by atoms with Gasteiger partial charge in [-0.2, -0.15) is 13.2 Å². The molecule has 1 aromatic carbocycles. The number of amides is 1. The van der Waals surface area contributed by atoms with Gasteiger partial charge >= 0.3 is 6.18 Å². The highest BCUT2D eigenvalue weighted by atomic mass is 19.4. The van der Waals surface area contributed by atoms with Crippen LogP contribution in [0.1, 0.15) is 31.4 Å². The first-order valence-corrected chi connectivity index (χ1v) is 5.98. The van der Waals surface area contributed by atoms with Crippen molar-refractivity contribution < 1.29 is 27.5 Å². The molecule has 0 radical (unpaired) electrons. The Morgan fingerprint density at radius 1 is 1.30 bits per heavy atom. The number of hydrogen-bond donors (Lipinski definition) is 2. The molecule has 0 bridgehead atoms. The van der Waals surface area contributed by atoms with E-state index in [4.69, 9.17) is 0 Å². The van der Waals surface area contributed by atoms with Crippen LogP contribution in [-0.4, -0.2) is 23.2 Å². The van der Waals surface area contributed by atoms with Crippen molar-refractivity contribution in [2.45, 2.75) is 38.1 Å². The van der Waals surface area contributed by atoms with Crippen LogP contribution in [-0.2, 0) is 4.79 Å². The maximum Gasteiger partial charge on any atom is 0.389 e. The molecule has 0 fully saturated rings. The highest BCUT2D eigenvalue weighted by molar-refractivity contribution is 5.76. The van der Waals surface area contributed by atoms with Crippen molar-refractivity contribution >= 4 is 5.91 Å². The van der Waals surface area contributed by atoms with Crippen molar-refractivity contribution in [3.8, 4) is 0 Å². The molecule has 3 nitrogen and oxygen atoms in total. The Bertz CT molecular complexity index is 445. The number of carbonyl (C=O) groups is 1. The minimum atomic E-state index is -4.39. The number of alkyl halides is 3. The zero-order valence-electron chi connectivity index (χ0n) is 10.7. The van der Waals surface area contributed by atoms with Crippen molar-refractivity contribution in [2.24, 2.45) is 0 Å². The van der Waals surface area contributed by atoms with Crippen LogP contribution in [0.25, 0.3) is 0 Å². The van der Waals surface area contributed by atoms with Gasteiger partial charge in [0.05, 0.1) is 18.6 Å². The molecule has 2 N–H and O–H groups in total. The van der Waals surface area contributed by atoms with Crippen molar-refractivity contribution in [1.82, 2.24) is 5.32 Å². The van der Waals surface area contributed by atoms with Crippen LogP contribution in [0.3, 0.4) is 0 Å². The third-order valence-corrected chi connectivity index (χ3v) is 2.71. The normalized spacial score (nSPS) is 14.7. The lowest BCUT2D eigenvalue weighted by atomic mass is 10.0. The number of hydrogen-bond acceptors (Lipinski definition) is 2. The van der Waals surface area contributed by atoms with Crippen LogP contribution < -0.4 is 5.32 Å². The van der Waals surface area contributed by atoms with E-state index in [0.29, 0.717) is 5.56 Å². The molecule has 0 saturated carbocycles. The summed E-state index contributed by atoms with van der Waals surface area (Å²) in [6.07, 6.45) is -7.41. The highest BCUT2D eigenvalue weighted by Crippen LogP contribution is 2.22. The Morgan fingerprint density at radius 3 is 2.35 bits per heavy atom. The average molecular weight is 293 g/mol. The van der Waals surface area contributed by atoms with Crippen LogP contribution in [0, 0.1) is 5.82 Å². The number of halogens is 4. The van der Waals surface area contributed by atoms with Gasteiger partial charge in [0.15, 0.2) is 0 Å². The molecule has 0 spiro atoms. The summed E-state index contributed by atoms with van der Waals surface area (Å²) >= 11 is 0. The minimum Gasteiger partial charge on any atom is -0.386 e. The molecule has 0 aliphatic carbocycles. The topological polar surface area (TPSA) is 49.3 Å². The summed E-state index contributed by atoms with van der Waals surface area (Å²) in [5.74, 6) is -1.26. The monoisotopic (exact) mass is 293 g/mol. The van der Waals surface area contributed by atoms with E-state index in [1.165, 1.54) is 19.1 Å². The Hall–Kier alpha value is -1.63. The van der Waals surface area contributed by atoms with Gasteiger partial charge in [-0.3, -0.25) is 4.79 Å². The van der Waals surface area contributed by atoms with Gasteiger partial charge in [-0.25, -0.2) is 4.39 Å². The fourth-order valence-electron chi connectivity index (χ4n) is 1.61. The number of rotatable bonds is 5. The summed E-state index contributed by atoms with van der Waals surface area (Å²) in [7, 11) is 0. The summed E-state index contributed by atoms with van der Waals surface area (Å²) < 4.78 is 48.6. The van der Waals surface area contributed by atoms with Crippen LogP contribution in [0.2, 0.25) is 0 Å². The van der Waals surface area contributed by atoms with Gasteiger partial charge in [-0.1, -0.05) is 12.1 Å². The summed E-state index contributed by atoms with van der Waals surface area (Å²) in [4.78, 5) is 11.3. The molecule has 1 rings (SSSR count). The summed E-state index contributed by atoms with van der Waals surface area (Å²) in [5.41, 5.74) is 0.370. The standard InChI is InChI=1S/C13H15F4NO2/c1-8(18-11(19)6-7-13(15,16)17)12(20)9-2-4-10(14)5-3-9/h2-5,8,12,20H,6-7H2,1H3,(H,18,19). The maximum atomic E-state index is 12.7. The quantitative estimate of drug-likeness (QED) is 0.820. The zero-order valence-corrected chi connectivity index (χ0v) is 10.7. The first-order chi connectivity index (χ1) is 9.19. The Kier molecular flexibility index (Phi) is 5.50. The lowest BCUT2D eigenvalue weighted by molar-refractivity contribution is -0.144. The predicted octanol–water partition coefficient (Wildman–Crippen LogP) is 2.71. The summed E-state index contributed by atoms with van der Waals surface area (Å²) in [6, 6.07) is 4.21. The Morgan fingerprint density at radius 2 is 1.85 bits per heavy atom. The SMILES string of the molecule is CC(NC(=O)CCC(F)(F)F)C(O)c1ccc(F)cc1. The molecule has 20 heavy (non-hydrogen) atoms. The van der Waals surface area contributed by atoms with Crippen LogP contribution >= 0.6 is 0 Å². The van der Waals surface area contributed by atoms with Crippen LogP contribution in [0.4, 0.5) is 17.6 Å². The Labute approximate surface area is 113 Å². The molecule has 112 valence electrons. The van der Waals surface area contributed by atoms with Gasteiger partial charge < -0.3 is 10.4 Å². The number of aliphatic hydroxyl groups is 1. The highest BCUT2D eigenvalue weighted by Gasteiger charge is 2.28. The second-order valence-electron chi connectivity index (χ2n) is 4.47. The smallest absolute Gasteiger partial charge is 0.386 e. The summed E-state index contributed by atoms with van der Waals surface area (Å²) in [5, 5.41) is 12.2. The molecule has 1 aromatic rings. The molecular weight excluding hydrogens is 278 g/mol. The number of benzene rings is 1. The lowest BCUT2D eigenvalue weighted by Gasteiger charge is -2.20. The predicted molar refractivity (Wildman–Crippen MR) is 64.3 cm³/mol. The van der Waals surface area contributed by atoms with Crippen molar-refractivity contribution in [1.29, 1.82) is 0 Å². The molecule has 0 aromatic heterocycles. The van der Waals surface area contributed by atoms with Crippen molar-refractivity contribution in [2.75, 3.05) is 0 Å². The van der Waals surface area contributed by atoms with E-state index in [1.807, 2.05) is 0 Å². The van der Waals surface area contributed by atoms with Gasteiger partial charge in [0.25, 0.3) is 0 Å². The molecule has 0 aliphatic heterocycles.